The first-order chi connectivity index (χ1) is 17.6. The monoisotopic (exact) mass is 475 g/mol. The van der Waals surface area contributed by atoms with E-state index in [9.17, 15) is 4.79 Å². The number of hydrogen-bond donors (Lipinski definition) is 1. The molecule has 36 heavy (non-hydrogen) atoms. The number of nitrogens with one attached hydrogen (secondary N) is 1. The highest BCUT2D eigenvalue weighted by Crippen LogP contribution is 2.33. The standard InChI is InChI=1S/C30H29N5O/c1-34-21-27(20-33-34)25-13-14-28-26(18-25)8-5-17-35(28)30(36)29(24-6-3-2-4-7-24)32-16-15-22-9-11-23(19-31)12-10-22/h2-4,6-7,9-14,18,20-21,29,32H,5,8,15-17H2,1H3/t29-/m1/s1. The van der Waals surface area contributed by atoms with Crippen LogP contribution in [-0.2, 0) is 24.7 Å². The summed E-state index contributed by atoms with van der Waals surface area (Å²) >= 11 is 0. The van der Waals surface area contributed by atoms with E-state index in [1.54, 1.807) is 4.68 Å². The molecular formula is C30H29N5O. The second-order valence-corrected chi connectivity index (χ2v) is 9.20. The number of aryl methyl sites for hydroxylation is 2. The van der Waals surface area contributed by atoms with Gasteiger partial charge in [-0.25, -0.2) is 0 Å². The molecule has 6 nitrogen and oxygen atoms in total. The molecule has 0 spiro atoms. The average molecular weight is 476 g/mol. The number of hydrogen-bond acceptors (Lipinski definition) is 4. The Labute approximate surface area is 211 Å². The minimum absolute atomic E-state index is 0.0658. The Hall–Kier alpha value is -4.21. The Bertz CT molecular complexity index is 1390. The summed E-state index contributed by atoms with van der Waals surface area (Å²) in [6.45, 7) is 1.36. The summed E-state index contributed by atoms with van der Waals surface area (Å²) in [6, 6.07) is 25.6. The molecule has 5 rings (SSSR count). The fraction of sp³-hybridized carbons (Fsp3) is 0.233. The van der Waals surface area contributed by atoms with Gasteiger partial charge in [0.05, 0.1) is 17.8 Å². The lowest BCUT2D eigenvalue weighted by Crippen LogP contribution is -2.44. The molecule has 0 radical (unpaired) electrons. The molecule has 1 aliphatic rings. The van der Waals surface area contributed by atoms with E-state index < -0.39 is 6.04 Å². The van der Waals surface area contributed by atoms with Crippen molar-refractivity contribution in [2.45, 2.75) is 25.3 Å². The molecular weight excluding hydrogens is 446 g/mol. The van der Waals surface area contributed by atoms with E-state index in [0.29, 0.717) is 18.7 Å². The van der Waals surface area contributed by atoms with Gasteiger partial charge in [0.2, 0.25) is 5.91 Å². The Morgan fingerprint density at radius 1 is 1.08 bits per heavy atom. The van der Waals surface area contributed by atoms with Crippen LogP contribution in [0.4, 0.5) is 5.69 Å². The summed E-state index contributed by atoms with van der Waals surface area (Å²) in [5, 5.41) is 16.8. The molecule has 1 atom stereocenters. The number of nitrogens with zero attached hydrogens (tertiary/aromatic N) is 4. The smallest absolute Gasteiger partial charge is 0.248 e. The van der Waals surface area contributed by atoms with Crippen molar-refractivity contribution < 1.29 is 4.79 Å². The minimum atomic E-state index is -0.437. The van der Waals surface area contributed by atoms with Gasteiger partial charge in [0, 0.05) is 37.6 Å². The topological polar surface area (TPSA) is 74.0 Å². The first-order valence-electron chi connectivity index (χ1n) is 12.3. The SMILES string of the molecule is Cn1cc(-c2ccc3c(c2)CCCN3C(=O)[C@H](NCCc2ccc(C#N)cc2)c2ccccc2)cn1. The number of aromatic nitrogens is 2. The van der Waals surface area contributed by atoms with E-state index in [1.807, 2.05) is 78.9 Å². The van der Waals surface area contributed by atoms with Crippen LogP contribution in [0.3, 0.4) is 0 Å². The van der Waals surface area contributed by atoms with Crippen LogP contribution in [0.2, 0.25) is 0 Å². The van der Waals surface area contributed by atoms with Crippen LogP contribution in [0.1, 0.15) is 34.7 Å². The molecule has 0 fully saturated rings. The van der Waals surface area contributed by atoms with E-state index in [2.05, 4.69) is 34.7 Å². The quantitative estimate of drug-likeness (QED) is 0.416. The Morgan fingerprint density at radius 3 is 2.61 bits per heavy atom. The third kappa shape index (κ3) is 5.07. The molecule has 4 aromatic rings. The fourth-order valence-electron chi connectivity index (χ4n) is 4.83. The van der Waals surface area contributed by atoms with E-state index in [0.717, 1.165) is 47.2 Å². The van der Waals surface area contributed by atoms with Crippen LogP contribution in [0.5, 0.6) is 0 Å². The largest absolute Gasteiger partial charge is 0.310 e. The van der Waals surface area contributed by atoms with Crippen LogP contribution in [0, 0.1) is 11.3 Å². The van der Waals surface area contributed by atoms with E-state index in [1.165, 1.54) is 5.56 Å². The third-order valence-corrected chi connectivity index (χ3v) is 6.73. The lowest BCUT2D eigenvalue weighted by Gasteiger charge is -2.33. The minimum Gasteiger partial charge on any atom is -0.310 e. The van der Waals surface area contributed by atoms with Gasteiger partial charge in [0.25, 0.3) is 0 Å². The summed E-state index contributed by atoms with van der Waals surface area (Å²) < 4.78 is 1.80. The van der Waals surface area contributed by atoms with Crippen molar-refractivity contribution in [3.8, 4) is 17.2 Å². The number of benzene rings is 3. The fourth-order valence-corrected chi connectivity index (χ4v) is 4.83. The molecule has 0 saturated heterocycles. The molecule has 0 aliphatic carbocycles. The zero-order valence-corrected chi connectivity index (χ0v) is 20.4. The van der Waals surface area contributed by atoms with Gasteiger partial charge >= 0.3 is 0 Å². The lowest BCUT2D eigenvalue weighted by atomic mass is 9.96. The van der Waals surface area contributed by atoms with Crippen LogP contribution < -0.4 is 10.2 Å². The average Bonchev–Trinajstić information content (AvgIpc) is 3.37. The molecule has 2 heterocycles. The first-order valence-corrected chi connectivity index (χ1v) is 12.3. The van der Waals surface area contributed by atoms with Gasteiger partial charge in [-0.1, -0.05) is 48.5 Å². The van der Waals surface area contributed by atoms with E-state index >= 15 is 0 Å². The molecule has 0 unspecified atom stereocenters. The molecule has 0 saturated carbocycles. The van der Waals surface area contributed by atoms with Crippen LogP contribution in [-0.4, -0.2) is 28.8 Å². The number of nitriles is 1. The summed E-state index contributed by atoms with van der Waals surface area (Å²) in [4.78, 5) is 15.9. The number of fused-ring (bicyclic) bond motifs is 1. The van der Waals surface area contributed by atoms with Gasteiger partial charge in [0.1, 0.15) is 6.04 Å². The highest BCUT2D eigenvalue weighted by molar-refractivity contribution is 5.99. The summed E-state index contributed by atoms with van der Waals surface area (Å²) in [7, 11) is 1.92. The van der Waals surface area contributed by atoms with Crippen molar-refractivity contribution >= 4 is 11.6 Å². The Morgan fingerprint density at radius 2 is 1.89 bits per heavy atom. The molecule has 0 bridgehead atoms. The molecule has 1 N–H and O–H groups in total. The number of anilines is 1. The van der Waals surface area contributed by atoms with E-state index in [4.69, 9.17) is 5.26 Å². The second-order valence-electron chi connectivity index (χ2n) is 9.20. The van der Waals surface area contributed by atoms with Crippen molar-refractivity contribution in [1.29, 1.82) is 5.26 Å². The zero-order valence-electron chi connectivity index (χ0n) is 20.4. The predicted octanol–water partition coefficient (Wildman–Crippen LogP) is 4.81. The van der Waals surface area contributed by atoms with Crippen molar-refractivity contribution in [3.05, 3.63) is 107 Å². The van der Waals surface area contributed by atoms with Gasteiger partial charge in [-0.3, -0.25) is 9.48 Å². The number of carbonyl (C=O) groups excluding carboxylic acids is 1. The van der Waals surface area contributed by atoms with Gasteiger partial charge in [-0.2, -0.15) is 10.4 Å². The van der Waals surface area contributed by atoms with E-state index in [-0.39, 0.29) is 5.91 Å². The second kappa shape index (κ2) is 10.6. The van der Waals surface area contributed by atoms with Crippen LogP contribution in [0.15, 0.2) is 85.2 Å². The third-order valence-electron chi connectivity index (χ3n) is 6.73. The summed E-state index contributed by atoms with van der Waals surface area (Å²) in [5.74, 6) is 0.0658. The number of carbonyl (C=O) groups is 1. The maximum absolute atomic E-state index is 14.0. The van der Waals surface area contributed by atoms with Gasteiger partial charge in [-0.05, 0) is 65.8 Å². The highest BCUT2D eigenvalue weighted by Gasteiger charge is 2.29. The van der Waals surface area contributed by atoms with Crippen LogP contribution >= 0.6 is 0 Å². The highest BCUT2D eigenvalue weighted by atomic mass is 16.2. The predicted molar refractivity (Wildman–Crippen MR) is 141 cm³/mol. The van der Waals surface area contributed by atoms with Gasteiger partial charge in [0.15, 0.2) is 0 Å². The van der Waals surface area contributed by atoms with Crippen molar-refractivity contribution in [2.24, 2.45) is 7.05 Å². The normalized spacial score (nSPS) is 13.6. The van der Waals surface area contributed by atoms with Gasteiger partial charge in [-0.15, -0.1) is 0 Å². The molecule has 6 heteroatoms. The summed E-state index contributed by atoms with van der Waals surface area (Å²) in [6.07, 6.45) is 6.54. The Balaban J connectivity index is 1.36. The number of rotatable bonds is 7. The zero-order chi connectivity index (χ0) is 24.9. The van der Waals surface area contributed by atoms with Crippen molar-refractivity contribution in [1.82, 2.24) is 15.1 Å². The maximum Gasteiger partial charge on any atom is 0.248 e. The first kappa shape index (κ1) is 23.5. The molecule has 1 amide bonds. The maximum atomic E-state index is 14.0. The Kier molecular flexibility index (Phi) is 6.92. The molecule has 3 aromatic carbocycles. The lowest BCUT2D eigenvalue weighted by molar-refractivity contribution is -0.120. The van der Waals surface area contributed by atoms with Crippen molar-refractivity contribution in [3.63, 3.8) is 0 Å². The van der Waals surface area contributed by atoms with Crippen molar-refractivity contribution in [2.75, 3.05) is 18.0 Å². The number of amides is 1. The molecule has 1 aromatic heterocycles. The summed E-state index contributed by atoms with van der Waals surface area (Å²) in [5.41, 5.74) is 7.13. The van der Waals surface area contributed by atoms with Crippen LogP contribution in [0.25, 0.3) is 11.1 Å². The molecule has 180 valence electrons. The van der Waals surface area contributed by atoms with Gasteiger partial charge < -0.3 is 10.2 Å². The molecule has 1 aliphatic heterocycles.